The Labute approximate surface area is 115 Å². The highest BCUT2D eigenvalue weighted by molar-refractivity contribution is 6.30. The minimum absolute atomic E-state index is 0.387. The van der Waals surface area contributed by atoms with Crippen molar-refractivity contribution >= 4 is 11.6 Å². The van der Waals surface area contributed by atoms with Crippen molar-refractivity contribution in [3.8, 4) is 0 Å². The summed E-state index contributed by atoms with van der Waals surface area (Å²) in [5, 5.41) is 0.658. The standard InChI is InChI=1S/C15H23ClN2/c1-9(2)13-11(4)17-15(18-14(13)16)12-7-5-10(3)6-8-12/h9-10,12H,5-8H2,1-4H3. The first-order valence-corrected chi connectivity index (χ1v) is 7.40. The maximum atomic E-state index is 6.33. The summed E-state index contributed by atoms with van der Waals surface area (Å²) >= 11 is 6.33. The third-order valence-electron chi connectivity index (χ3n) is 4.07. The third-order valence-corrected chi connectivity index (χ3v) is 4.35. The normalized spacial score (nSPS) is 24.6. The Morgan fingerprint density at radius 2 is 1.72 bits per heavy atom. The van der Waals surface area contributed by atoms with Gasteiger partial charge in [0.15, 0.2) is 0 Å². The lowest BCUT2D eigenvalue weighted by atomic mass is 9.82. The van der Waals surface area contributed by atoms with Gasteiger partial charge < -0.3 is 0 Å². The van der Waals surface area contributed by atoms with Gasteiger partial charge in [0.2, 0.25) is 0 Å². The highest BCUT2D eigenvalue weighted by atomic mass is 35.5. The molecule has 100 valence electrons. The topological polar surface area (TPSA) is 25.8 Å². The molecular formula is C15H23ClN2. The predicted octanol–water partition coefficient (Wildman–Crippen LogP) is 4.86. The summed E-state index contributed by atoms with van der Waals surface area (Å²) in [7, 11) is 0. The van der Waals surface area contributed by atoms with Crippen molar-refractivity contribution < 1.29 is 0 Å². The molecule has 0 bridgehead atoms. The lowest BCUT2D eigenvalue weighted by Gasteiger charge is -2.25. The summed E-state index contributed by atoms with van der Waals surface area (Å²) < 4.78 is 0. The van der Waals surface area contributed by atoms with Gasteiger partial charge in [0.25, 0.3) is 0 Å². The molecule has 0 radical (unpaired) electrons. The van der Waals surface area contributed by atoms with E-state index in [9.17, 15) is 0 Å². The van der Waals surface area contributed by atoms with Gasteiger partial charge in [-0.3, -0.25) is 0 Å². The molecule has 1 heterocycles. The van der Waals surface area contributed by atoms with Crippen LogP contribution in [0.2, 0.25) is 5.15 Å². The number of halogens is 1. The van der Waals surface area contributed by atoms with Crippen molar-refractivity contribution in [2.45, 2.75) is 65.2 Å². The van der Waals surface area contributed by atoms with Gasteiger partial charge in [-0.2, -0.15) is 0 Å². The second-order valence-electron chi connectivity index (χ2n) is 5.98. The SMILES string of the molecule is Cc1nc(C2CCC(C)CC2)nc(Cl)c1C(C)C. The molecule has 0 N–H and O–H groups in total. The van der Waals surface area contributed by atoms with E-state index in [1.54, 1.807) is 0 Å². The number of hydrogen-bond acceptors (Lipinski definition) is 2. The van der Waals surface area contributed by atoms with Crippen molar-refractivity contribution in [1.82, 2.24) is 9.97 Å². The zero-order valence-electron chi connectivity index (χ0n) is 11.8. The molecule has 3 heteroatoms. The first-order valence-electron chi connectivity index (χ1n) is 7.03. The molecule has 2 rings (SSSR count). The number of hydrogen-bond donors (Lipinski definition) is 0. The van der Waals surface area contributed by atoms with E-state index in [4.69, 9.17) is 16.6 Å². The quantitative estimate of drug-likeness (QED) is 0.715. The van der Waals surface area contributed by atoms with E-state index in [-0.39, 0.29) is 0 Å². The molecule has 0 unspecified atom stereocenters. The summed E-state index contributed by atoms with van der Waals surface area (Å²) in [5.41, 5.74) is 2.16. The van der Waals surface area contributed by atoms with Crippen LogP contribution in [-0.2, 0) is 0 Å². The van der Waals surface area contributed by atoms with Gasteiger partial charge in [-0.1, -0.05) is 45.2 Å². The van der Waals surface area contributed by atoms with Gasteiger partial charge in [-0.15, -0.1) is 0 Å². The van der Waals surface area contributed by atoms with Crippen molar-refractivity contribution in [2.24, 2.45) is 5.92 Å². The molecule has 0 aliphatic heterocycles. The van der Waals surface area contributed by atoms with E-state index in [1.807, 2.05) is 0 Å². The Morgan fingerprint density at radius 3 is 2.22 bits per heavy atom. The molecule has 0 spiro atoms. The second-order valence-corrected chi connectivity index (χ2v) is 6.34. The Morgan fingerprint density at radius 1 is 1.11 bits per heavy atom. The van der Waals surface area contributed by atoms with E-state index in [0.717, 1.165) is 23.0 Å². The van der Waals surface area contributed by atoms with Crippen LogP contribution in [0.5, 0.6) is 0 Å². The fourth-order valence-corrected chi connectivity index (χ4v) is 3.37. The minimum atomic E-state index is 0.387. The Hall–Kier alpha value is -0.630. The second kappa shape index (κ2) is 5.56. The molecule has 0 amide bonds. The van der Waals surface area contributed by atoms with Crippen LogP contribution in [-0.4, -0.2) is 9.97 Å². The average molecular weight is 267 g/mol. The molecular weight excluding hydrogens is 244 g/mol. The first kappa shape index (κ1) is 13.8. The zero-order valence-corrected chi connectivity index (χ0v) is 12.6. The van der Waals surface area contributed by atoms with Gasteiger partial charge in [-0.05, 0) is 31.6 Å². The van der Waals surface area contributed by atoms with Crippen LogP contribution >= 0.6 is 11.6 Å². The average Bonchev–Trinajstić information content (AvgIpc) is 2.28. The molecule has 1 fully saturated rings. The summed E-state index contributed by atoms with van der Waals surface area (Å²) in [4.78, 5) is 9.27. The number of nitrogens with zero attached hydrogens (tertiary/aromatic N) is 2. The summed E-state index contributed by atoms with van der Waals surface area (Å²) in [6.45, 7) is 8.66. The van der Waals surface area contributed by atoms with E-state index in [2.05, 4.69) is 32.7 Å². The molecule has 1 saturated carbocycles. The molecule has 0 aromatic carbocycles. The van der Waals surface area contributed by atoms with Crippen LogP contribution in [0.3, 0.4) is 0 Å². The Balaban J connectivity index is 2.25. The number of rotatable bonds is 2. The van der Waals surface area contributed by atoms with Gasteiger partial charge in [0.05, 0.1) is 0 Å². The monoisotopic (exact) mass is 266 g/mol. The largest absolute Gasteiger partial charge is 0.238 e. The maximum Gasteiger partial charge on any atom is 0.136 e. The minimum Gasteiger partial charge on any atom is -0.238 e. The Bertz CT molecular complexity index is 397. The molecule has 1 aliphatic rings. The van der Waals surface area contributed by atoms with Gasteiger partial charge >= 0.3 is 0 Å². The van der Waals surface area contributed by atoms with Crippen LogP contribution < -0.4 is 0 Å². The first-order chi connectivity index (χ1) is 8.49. The van der Waals surface area contributed by atoms with Crippen molar-refractivity contribution in [1.29, 1.82) is 0 Å². The third kappa shape index (κ3) is 2.85. The smallest absolute Gasteiger partial charge is 0.136 e. The van der Waals surface area contributed by atoms with E-state index >= 15 is 0 Å². The molecule has 0 atom stereocenters. The van der Waals surface area contributed by atoms with Crippen LogP contribution in [0.1, 0.15) is 75.4 Å². The zero-order chi connectivity index (χ0) is 13.3. The molecule has 1 aromatic rings. The number of aryl methyl sites for hydroxylation is 1. The van der Waals surface area contributed by atoms with Crippen molar-refractivity contribution in [3.63, 3.8) is 0 Å². The molecule has 0 saturated heterocycles. The van der Waals surface area contributed by atoms with Crippen LogP contribution in [0.25, 0.3) is 0 Å². The van der Waals surface area contributed by atoms with Gasteiger partial charge in [-0.25, -0.2) is 9.97 Å². The maximum absolute atomic E-state index is 6.33. The lowest BCUT2D eigenvalue weighted by molar-refractivity contribution is 0.339. The summed E-state index contributed by atoms with van der Waals surface area (Å²) in [5.74, 6) is 2.72. The predicted molar refractivity (Wildman–Crippen MR) is 76.2 cm³/mol. The van der Waals surface area contributed by atoms with Gasteiger partial charge in [0.1, 0.15) is 11.0 Å². The molecule has 1 aromatic heterocycles. The summed E-state index contributed by atoms with van der Waals surface area (Å²) in [6, 6.07) is 0. The number of aromatic nitrogens is 2. The highest BCUT2D eigenvalue weighted by Crippen LogP contribution is 2.35. The van der Waals surface area contributed by atoms with E-state index < -0.39 is 0 Å². The van der Waals surface area contributed by atoms with Gasteiger partial charge in [0, 0.05) is 17.2 Å². The molecule has 18 heavy (non-hydrogen) atoms. The summed E-state index contributed by atoms with van der Waals surface area (Å²) in [6.07, 6.45) is 4.99. The van der Waals surface area contributed by atoms with Crippen molar-refractivity contribution in [2.75, 3.05) is 0 Å². The Kier molecular flexibility index (Phi) is 4.26. The van der Waals surface area contributed by atoms with Crippen LogP contribution in [0.15, 0.2) is 0 Å². The fraction of sp³-hybridized carbons (Fsp3) is 0.733. The van der Waals surface area contributed by atoms with E-state index in [1.165, 1.54) is 25.7 Å². The van der Waals surface area contributed by atoms with Crippen LogP contribution in [0.4, 0.5) is 0 Å². The molecule has 1 aliphatic carbocycles. The van der Waals surface area contributed by atoms with Crippen LogP contribution in [0, 0.1) is 12.8 Å². The lowest BCUT2D eigenvalue weighted by Crippen LogP contribution is -2.15. The van der Waals surface area contributed by atoms with E-state index in [0.29, 0.717) is 17.0 Å². The van der Waals surface area contributed by atoms with Crippen molar-refractivity contribution in [3.05, 3.63) is 22.2 Å². The fourth-order valence-electron chi connectivity index (χ4n) is 2.92. The highest BCUT2D eigenvalue weighted by Gasteiger charge is 2.23. The molecule has 2 nitrogen and oxygen atoms in total.